The third-order valence-corrected chi connectivity index (χ3v) is 9.62. The Kier molecular flexibility index (Phi) is 10.7. The molecule has 2 amide bonds. The monoisotopic (exact) mass is 657 g/mol. The van der Waals surface area contributed by atoms with Gasteiger partial charge in [0.25, 0.3) is 10.0 Å². The second kappa shape index (κ2) is 14.3. The molecule has 224 valence electrons. The van der Waals surface area contributed by atoms with Crippen molar-refractivity contribution in [3.8, 4) is 0 Å². The van der Waals surface area contributed by atoms with Crippen LogP contribution in [0.15, 0.2) is 102 Å². The molecule has 0 saturated heterocycles. The zero-order valence-corrected chi connectivity index (χ0v) is 26.6. The molecule has 1 atom stereocenters. The smallest absolute Gasteiger partial charge is 0.264 e. The molecule has 0 spiro atoms. The topological polar surface area (TPSA) is 86.8 Å². The number of amides is 2. The molecule has 43 heavy (non-hydrogen) atoms. The predicted octanol–water partition coefficient (Wildman–Crippen LogP) is 6.54. The van der Waals surface area contributed by atoms with Crippen LogP contribution in [0.2, 0.25) is 15.1 Å². The van der Waals surface area contributed by atoms with Gasteiger partial charge in [-0.15, -0.1) is 0 Å². The van der Waals surface area contributed by atoms with Gasteiger partial charge in [0.1, 0.15) is 12.6 Å². The molecule has 0 aliphatic rings. The molecule has 0 radical (unpaired) electrons. The maximum Gasteiger partial charge on any atom is 0.264 e. The predicted molar refractivity (Wildman–Crippen MR) is 172 cm³/mol. The summed E-state index contributed by atoms with van der Waals surface area (Å²) < 4.78 is 29.0. The standard InChI is InChI=1S/C32H30Cl3N3O4S/c1-22-14-16-26(17-15-22)43(41,42)38(25-11-6-10-24(33)19-25)21-31(39)37(20-27-28(34)12-7-13-29(27)35)30(32(40)36-2)18-23-8-4-3-5-9-23/h3-17,19,30H,18,20-21H2,1-2H3,(H,36,40). The molecule has 0 fully saturated rings. The molecule has 4 aromatic rings. The Morgan fingerprint density at radius 2 is 1.47 bits per heavy atom. The van der Waals surface area contributed by atoms with Crippen LogP contribution in [0.3, 0.4) is 0 Å². The Bertz CT molecular complexity index is 1680. The quantitative estimate of drug-likeness (QED) is 0.198. The zero-order chi connectivity index (χ0) is 31.1. The van der Waals surface area contributed by atoms with Crippen molar-refractivity contribution in [2.45, 2.75) is 30.8 Å². The number of nitrogens with zero attached hydrogens (tertiary/aromatic N) is 2. The molecule has 1 unspecified atom stereocenters. The first-order valence-electron chi connectivity index (χ1n) is 13.3. The summed E-state index contributed by atoms with van der Waals surface area (Å²) in [6, 6.07) is 25.7. The molecule has 0 aliphatic heterocycles. The van der Waals surface area contributed by atoms with Gasteiger partial charge < -0.3 is 10.2 Å². The molecule has 1 N–H and O–H groups in total. The van der Waals surface area contributed by atoms with Crippen molar-refractivity contribution < 1.29 is 18.0 Å². The lowest BCUT2D eigenvalue weighted by molar-refractivity contribution is -0.139. The van der Waals surface area contributed by atoms with Crippen molar-refractivity contribution in [1.82, 2.24) is 10.2 Å². The number of likely N-dealkylation sites (N-methyl/N-ethyl adjacent to an activating group) is 1. The molecule has 0 saturated carbocycles. The maximum atomic E-state index is 14.3. The van der Waals surface area contributed by atoms with Crippen LogP contribution in [0.1, 0.15) is 16.7 Å². The first-order valence-corrected chi connectivity index (χ1v) is 15.9. The highest BCUT2D eigenvalue weighted by atomic mass is 35.5. The Morgan fingerprint density at radius 3 is 2.07 bits per heavy atom. The van der Waals surface area contributed by atoms with E-state index in [1.165, 1.54) is 30.1 Å². The Balaban J connectivity index is 1.82. The average molecular weight is 659 g/mol. The molecule has 0 aromatic heterocycles. The number of halogens is 3. The SMILES string of the molecule is CNC(=O)C(Cc1ccccc1)N(Cc1c(Cl)cccc1Cl)C(=O)CN(c1cccc(Cl)c1)S(=O)(=O)c1ccc(C)cc1. The molecule has 11 heteroatoms. The van der Waals surface area contributed by atoms with Crippen molar-refractivity contribution in [3.63, 3.8) is 0 Å². The van der Waals surface area contributed by atoms with E-state index in [-0.39, 0.29) is 23.5 Å². The van der Waals surface area contributed by atoms with Gasteiger partial charge in [-0.1, -0.05) is 95.0 Å². The Labute approximate surface area is 267 Å². The van der Waals surface area contributed by atoms with E-state index < -0.39 is 34.4 Å². The van der Waals surface area contributed by atoms with Crippen molar-refractivity contribution in [2.75, 3.05) is 17.9 Å². The van der Waals surface area contributed by atoms with Gasteiger partial charge in [-0.2, -0.15) is 0 Å². The number of sulfonamides is 1. The van der Waals surface area contributed by atoms with E-state index in [2.05, 4.69) is 5.32 Å². The normalized spacial score (nSPS) is 11.9. The van der Waals surface area contributed by atoms with Crippen LogP contribution in [-0.4, -0.2) is 44.8 Å². The number of aryl methyl sites for hydroxylation is 1. The average Bonchev–Trinajstić information content (AvgIpc) is 2.99. The van der Waals surface area contributed by atoms with Gasteiger partial charge in [-0.05, 0) is 55.0 Å². The maximum absolute atomic E-state index is 14.3. The molecular formula is C32H30Cl3N3O4S. The van der Waals surface area contributed by atoms with Crippen molar-refractivity contribution in [1.29, 1.82) is 0 Å². The summed E-state index contributed by atoms with van der Waals surface area (Å²) in [4.78, 5) is 29.0. The minimum absolute atomic E-state index is 0.00119. The summed E-state index contributed by atoms with van der Waals surface area (Å²) in [5, 5.41) is 3.54. The lowest BCUT2D eigenvalue weighted by atomic mass is 10.0. The highest BCUT2D eigenvalue weighted by Gasteiger charge is 2.35. The molecule has 0 aliphatic carbocycles. The van der Waals surface area contributed by atoms with E-state index in [1.807, 2.05) is 37.3 Å². The van der Waals surface area contributed by atoms with Crippen LogP contribution < -0.4 is 9.62 Å². The fraction of sp³-hybridized carbons (Fsp3) is 0.188. The highest BCUT2D eigenvalue weighted by Crippen LogP contribution is 2.30. The van der Waals surface area contributed by atoms with E-state index >= 15 is 0 Å². The fourth-order valence-electron chi connectivity index (χ4n) is 4.57. The lowest BCUT2D eigenvalue weighted by Gasteiger charge is -2.34. The summed E-state index contributed by atoms with van der Waals surface area (Å²) in [5.74, 6) is -1.08. The summed E-state index contributed by atoms with van der Waals surface area (Å²) in [6.07, 6.45) is 0.163. The molecule has 0 heterocycles. The van der Waals surface area contributed by atoms with Gasteiger partial charge in [-0.3, -0.25) is 13.9 Å². The van der Waals surface area contributed by atoms with Gasteiger partial charge >= 0.3 is 0 Å². The van der Waals surface area contributed by atoms with Gasteiger partial charge in [0.05, 0.1) is 10.6 Å². The minimum atomic E-state index is -4.24. The first kappa shape index (κ1) is 32.4. The molecule has 7 nitrogen and oxygen atoms in total. The Morgan fingerprint density at radius 1 is 0.837 bits per heavy atom. The van der Waals surface area contributed by atoms with E-state index in [1.54, 1.807) is 48.5 Å². The second-order valence-corrected chi connectivity index (χ2v) is 13.0. The number of nitrogens with one attached hydrogen (secondary N) is 1. The minimum Gasteiger partial charge on any atom is -0.357 e. The number of carbonyl (C=O) groups excluding carboxylic acids is 2. The third-order valence-electron chi connectivity index (χ3n) is 6.89. The third kappa shape index (κ3) is 7.89. The highest BCUT2D eigenvalue weighted by molar-refractivity contribution is 7.92. The fourth-order valence-corrected chi connectivity index (χ4v) is 6.68. The largest absolute Gasteiger partial charge is 0.357 e. The van der Waals surface area contributed by atoms with E-state index in [4.69, 9.17) is 34.8 Å². The molecule has 4 aromatic carbocycles. The van der Waals surface area contributed by atoms with Crippen LogP contribution in [0.25, 0.3) is 0 Å². The first-order chi connectivity index (χ1) is 20.5. The zero-order valence-electron chi connectivity index (χ0n) is 23.5. The van der Waals surface area contributed by atoms with Crippen molar-refractivity contribution in [3.05, 3.63) is 129 Å². The van der Waals surface area contributed by atoms with Crippen molar-refractivity contribution >= 4 is 62.3 Å². The molecular weight excluding hydrogens is 629 g/mol. The number of benzene rings is 4. The summed E-state index contributed by atoms with van der Waals surface area (Å²) >= 11 is 19.2. The number of carbonyl (C=O) groups is 2. The molecule has 4 rings (SSSR count). The summed E-state index contributed by atoms with van der Waals surface area (Å²) in [7, 11) is -2.76. The molecule has 0 bridgehead atoms. The van der Waals surface area contributed by atoms with Gasteiger partial charge in [0, 0.05) is 40.6 Å². The number of hydrogen-bond donors (Lipinski definition) is 1. The summed E-state index contributed by atoms with van der Waals surface area (Å²) in [5.41, 5.74) is 2.30. The van der Waals surface area contributed by atoms with Crippen molar-refractivity contribution in [2.24, 2.45) is 0 Å². The van der Waals surface area contributed by atoms with Crippen LogP contribution in [0.4, 0.5) is 5.69 Å². The van der Waals surface area contributed by atoms with Crippen LogP contribution in [0.5, 0.6) is 0 Å². The number of hydrogen-bond acceptors (Lipinski definition) is 4. The summed E-state index contributed by atoms with van der Waals surface area (Å²) in [6.45, 7) is 1.08. The van der Waals surface area contributed by atoms with Gasteiger partial charge in [0.15, 0.2) is 0 Å². The number of anilines is 1. The Hall–Kier alpha value is -3.56. The van der Waals surface area contributed by atoms with Gasteiger partial charge in [-0.25, -0.2) is 8.42 Å². The van der Waals surface area contributed by atoms with E-state index in [9.17, 15) is 18.0 Å². The van der Waals surface area contributed by atoms with E-state index in [0.717, 1.165) is 15.4 Å². The lowest BCUT2D eigenvalue weighted by Crippen LogP contribution is -2.53. The van der Waals surface area contributed by atoms with Crippen LogP contribution in [0, 0.1) is 6.92 Å². The van der Waals surface area contributed by atoms with Crippen LogP contribution >= 0.6 is 34.8 Å². The van der Waals surface area contributed by atoms with Gasteiger partial charge in [0.2, 0.25) is 11.8 Å². The second-order valence-electron chi connectivity index (χ2n) is 9.85. The van der Waals surface area contributed by atoms with E-state index in [0.29, 0.717) is 20.6 Å². The number of rotatable bonds is 11. The van der Waals surface area contributed by atoms with Crippen LogP contribution in [-0.2, 0) is 32.6 Å².